The fourth-order valence-electron chi connectivity index (χ4n) is 1.31. The molecule has 0 spiro atoms. The first-order valence-corrected chi connectivity index (χ1v) is 5.00. The molecule has 3 nitrogen and oxygen atoms in total. The molecular formula is C12H15NO2. The van der Waals surface area contributed by atoms with Crippen LogP contribution in [-0.2, 0) is 16.0 Å². The molecule has 1 rings (SSSR count). The molecule has 3 heteroatoms. The Hall–Kier alpha value is -1.48. The minimum absolute atomic E-state index is 0.198. The van der Waals surface area contributed by atoms with Gasteiger partial charge < -0.3 is 5.73 Å². The monoisotopic (exact) mass is 205 g/mol. The van der Waals surface area contributed by atoms with E-state index in [1.807, 2.05) is 30.3 Å². The van der Waals surface area contributed by atoms with Gasteiger partial charge in [0, 0.05) is 12.8 Å². The standard InChI is InChI=1S/C12H15NO2/c1-2-10(14)12(13)11(15)8-9-6-4-3-5-7-9/h3-7,12H,2,8,13H2,1H3/t12-/m0/s1. The van der Waals surface area contributed by atoms with Crippen LogP contribution in [0.25, 0.3) is 0 Å². The van der Waals surface area contributed by atoms with E-state index < -0.39 is 6.04 Å². The van der Waals surface area contributed by atoms with Crippen LogP contribution >= 0.6 is 0 Å². The van der Waals surface area contributed by atoms with Gasteiger partial charge in [-0.2, -0.15) is 0 Å². The maximum absolute atomic E-state index is 11.6. The van der Waals surface area contributed by atoms with E-state index in [9.17, 15) is 9.59 Å². The van der Waals surface area contributed by atoms with Gasteiger partial charge in [-0.25, -0.2) is 0 Å². The van der Waals surface area contributed by atoms with E-state index in [2.05, 4.69) is 0 Å². The molecule has 0 aromatic heterocycles. The van der Waals surface area contributed by atoms with Gasteiger partial charge in [0.25, 0.3) is 0 Å². The number of hydrogen-bond acceptors (Lipinski definition) is 3. The summed E-state index contributed by atoms with van der Waals surface area (Å²) in [4.78, 5) is 22.8. The van der Waals surface area contributed by atoms with Crippen LogP contribution in [0, 0.1) is 0 Å². The zero-order chi connectivity index (χ0) is 11.3. The molecule has 0 fully saturated rings. The summed E-state index contributed by atoms with van der Waals surface area (Å²) in [6.45, 7) is 1.71. The third-order valence-electron chi connectivity index (χ3n) is 2.26. The first-order valence-electron chi connectivity index (χ1n) is 5.00. The van der Waals surface area contributed by atoms with Gasteiger partial charge in [0.15, 0.2) is 11.6 Å². The number of Topliss-reactive ketones (excluding diaryl/α,β-unsaturated/α-hetero) is 2. The van der Waals surface area contributed by atoms with Crippen LogP contribution in [0.3, 0.4) is 0 Å². The maximum Gasteiger partial charge on any atom is 0.161 e. The average Bonchev–Trinajstić information content (AvgIpc) is 2.28. The molecule has 15 heavy (non-hydrogen) atoms. The predicted octanol–water partition coefficient (Wildman–Crippen LogP) is 1.10. The molecule has 0 saturated carbocycles. The van der Waals surface area contributed by atoms with Crippen molar-refractivity contribution in [3.63, 3.8) is 0 Å². The van der Waals surface area contributed by atoms with E-state index in [-0.39, 0.29) is 18.0 Å². The second-order valence-electron chi connectivity index (χ2n) is 3.43. The van der Waals surface area contributed by atoms with Crippen molar-refractivity contribution in [3.05, 3.63) is 35.9 Å². The van der Waals surface area contributed by atoms with Gasteiger partial charge in [-0.05, 0) is 5.56 Å². The molecule has 0 aliphatic rings. The lowest BCUT2D eigenvalue weighted by Gasteiger charge is -2.07. The second-order valence-corrected chi connectivity index (χ2v) is 3.43. The van der Waals surface area contributed by atoms with E-state index in [4.69, 9.17) is 5.73 Å². The number of carbonyl (C=O) groups excluding carboxylic acids is 2. The van der Waals surface area contributed by atoms with Crippen LogP contribution in [0.2, 0.25) is 0 Å². The largest absolute Gasteiger partial charge is 0.315 e. The number of hydrogen-bond donors (Lipinski definition) is 1. The highest BCUT2D eigenvalue weighted by molar-refractivity contribution is 6.06. The third-order valence-corrected chi connectivity index (χ3v) is 2.26. The molecule has 0 heterocycles. The van der Waals surface area contributed by atoms with Crippen LogP contribution < -0.4 is 5.73 Å². The molecular weight excluding hydrogens is 190 g/mol. The molecule has 1 atom stereocenters. The van der Waals surface area contributed by atoms with Gasteiger partial charge in [0.2, 0.25) is 0 Å². The zero-order valence-electron chi connectivity index (χ0n) is 8.77. The summed E-state index contributed by atoms with van der Waals surface area (Å²) in [7, 11) is 0. The first kappa shape index (κ1) is 11.6. The van der Waals surface area contributed by atoms with Crippen LogP contribution in [0.1, 0.15) is 18.9 Å². The summed E-state index contributed by atoms with van der Waals surface area (Å²) in [6, 6.07) is 8.33. The molecule has 2 N–H and O–H groups in total. The lowest BCUT2D eigenvalue weighted by Crippen LogP contribution is -2.39. The Morgan fingerprint density at radius 3 is 2.33 bits per heavy atom. The Labute approximate surface area is 89.3 Å². The van der Waals surface area contributed by atoms with Gasteiger partial charge in [-0.1, -0.05) is 37.3 Å². The van der Waals surface area contributed by atoms with Gasteiger partial charge in [0.1, 0.15) is 6.04 Å². The molecule has 0 radical (unpaired) electrons. The van der Waals surface area contributed by atoms with Crippen LogP contribution in [0.5, 0.6) is 0 Å². The number of nitrogens with two attached hydrogens (primary N) is 1. The Balaban J connectivity index is 2.60. The Morgan fingerprint density at radius 1 is 1.20 bits per heavy atom. The van der Waals surface area contributed by atoms with Crippen molar-refractivity contribution >= 4 is 11.6 Å². The van der Waals surface area contributed by atoms with Crippen molar-refractivity contribution in [3.8, 4) is 0 Å². The molecule has 0 unspecified atom stereocenters. The number of ketones is 2. The van der Waals surface area contributed by atoms with Crippen LogP contribution in [0.4, 0.5) is 0 Å². The summed E-state index contributed by atoms with van der Waals surface area (Å²) in [5, 5.41) is 0. The minimum atomic E-state index is -0.963. The highest BCUT2D eigenvalue weighted by Crippen LogP contribution is 2.02. The molecule has 0 saturated heterocycles. The van der Waals surface area contributed by atoms with E-state index in [1.165, 1.54) is 0 Å². The summed E-state index contributed by atoms with van der Waals surface area (Å²) < 4.78 is 0. The Morgan fingerprint density at radius 2 is 1.80 bits per heavy atom. The fourth-order valence-corrected chi connectivity index (χ4v) is 1.31. The molecule has 1 aromatic rings. The SMILES string of the molecule is CCC(=O)[C@H](N)C(=O)Cc1ccccc1. The normalized spacial score (nSPS) is 12.1. The zero-order valence-corrected chi connectivity index (χ0v) is 8.77. The quantitative estimate of drug-likeness (QED) is 0.732. The van der Waals surface area contributed by atoms with Gasteiger partial charge >= 0.3 is 0 Å². The highest BCUT2D eigenvalue weighted by Gasteiger charge is 2.19. The highest BCUT2D eigenvalue weighted by atomic mass is 16.2. The van der Waals surface area contributed by atoms with Crippen molar-refractivity contribution in [2.45, 2.75) is 25.8 Å². The van der Waals surface area contributed by atoms with E-state index in [0.717, 1.165) is 5.56 Å². The predicted molar refractivity (Wildman–Crippen MR) is 58.4 cm³/mol. The lowest BCUT2D eigenvalue weighted by molar-refractivity contribution is -0.128. The molecule has 80 valence electrons. The summed E-state index contributed by atoms with van der Waals surface area (Å²) in [5.74, 6) is -0.413. The van der Waals surface area contributed by atoms with Crippen molar-refractivity contribution < 1.29 is 9.59 Å². The molecule has 0 amide bonds. The summed E-state index contributed by atoms with van der Waals surface area (Å²) >= 11 is 0. The number of rotatable bonds is 5. The second kappa shape index (κ2) is 5.41. The van der Waals surface area contributed by atoms with E-state index in [0.29, 0.717) is 6.42 Å². The van der Waals surface area contributed by atoms with Crippen molar-refractivity contribution in [1.29, 1.82) is 0 Å². The summed E-state index contributed by atoms with van der Waals surface area (Å²) in [6.07, 6.45) is 0.537. The lowest BCUT2D eigenvalue weighted by atomic mass is 10.0. The smallest absolute Gasteiger partial charge is 0.161 e. The van der Waals surface area contributed by atoms with Gasteiger partial charge in [-0.15, -0.1) is 0 Å². The van der Waals surface area contributed by atoms with E-state index >= 15 is 0 Å². The third kappa shape index (κ3) is 3.29. The topological polar surface area (TPSA) is 60.2 Å². The molecule has 0 aliphatic carbocycles. The fraction of sp³-hybridized carbons (Fsp3) is 0.333. The Kier molecular flexibility index (Phi) is 4.18. The van der Waals surface area contributed by atoms with Crippen molar-refractivity contribution in [1.82, 2.24) is 0 Å². The molecule has 1 aromatic carbocycles. The van der Waals surface area contributed by atoms with Crippen LogP contribution in [-0.4, -0.2) is 17.6 Å². The Bertz CT molecular complexity index is 346. The molecule has 0 aliphatic heterocycles. The summed E-state index contributed by atoms with van der Waals surface area (Å²) in [5.41, 5.74) is 6.41. The number of benzene rings is 1. The first-order chi connectivity index (χ1) is 7.15. The van der Waals surface area contributed by atoms with Gasteiger partial charge in [0.05, 0.1) is 0 Å². The van der Waals surface area contributed by atoms with Crippen molar-refractivity contribution in [2.75, 3.05) is 0 Å². The van der Waals surface area contributed by atoms with E-state index in [1.54, 1.807) is 6.92 Å². The van der Waals surface area contributed by atoms with Crippen LogP contribution in [0.15, 0.2) is 30.3 Å². The number of carbonyl (C=O) groups is 2. The minimum Gasteiger partial charge on any atom is -0.315 e. The van der Waals surface area contributed by atoms with Gasteiger partial charge in [-0.3, -0.25) is 9.59 Å². The van der Waals surface area contributed by atoms with Crippen molar-refractivity contribution in [2.24, 2.45) is 5.73 Å². The maximum atomic E-state index is 11.6. The molecule has 0 bridgehead atoms. The average molecular weight is 205 g/mol.